The zero-order valence-electron chi connectivity index (χ0n) is 12.6. The van der Waals surface area contributed by atoms with Crippen molar-refractivity contribution in [2.75, 3.05) is 20.1 Å². The lowest BCUT2D eigenvalue weighted by atomic mass is 9.85. The van der Waals surface area contributed by atoms with Gasteiger partial charge in [-0.1, -0.05) is 32.1 Å². The van der Waals surface area contributed by atoms with Crippen LogP contribution in [0.25, 0.3) is 0 Å². The first kappa shape index (κ1) is 17.7. The van der Waals surface area contributed by atoms with E-state index in [1.165, 1.54) is 44.9 Å². The highest BCUT2D eigenvalue weighted by atomic mass is 35.5. The highest BCUT2D eigenvalue weighted by Gasteiger charge is 2.26. The summed E-state index contributed by atoms with van der Waals surface area (Å²) in [6.07, 6.45) is 9.97. The summed E-state index contributed by atoms with van der Waals surface area (Å²) < 4.78 is 0. The highest BCUT2D eigenvalue weighted by Crippen LogP contribution is 2.27. The van der Waals surface area contributed by atoms with Crippen LogP contribution >= 0.6 is 12.4 Å². The van der Waals surface area contributed by atoms with Gasteiger partial charge in [-0.25, -0.2) is 0 Å². The number of carbonyl (C=O) groups is 1. The summed E-state index contributed by atoms with van der Waals surface area (Å²) in [4.78, 5) is 14.3. The number of nitrogens with two attached hydrogens (primary N) is 1. The van der Waals surface area contributed by atoms with Gasteiger partial charge in [0.1, 0.15) is 0 Å². The van der Waals surface area contributed by atoms with Crippen LogP contribution in [0.3, 0.4) is 0 Å². The summed E-state index contributed by atoms with van der Waals surface area (Å²) in [5.41, 5.74) is 6.01. The predicted molar refractivity (Wildman–Crippen MR) is 85.1 cm³/mol. The monoisotopic (exact) mass is 303 g/mol. The van der Waals surface area contributed by atoms with Crippen molar-refractivity contribution in [3.63, 3.8) is 0 Å². The van der Waals surface area contributed by atoms with Gasteiger partial charge in [0, 0.05) is 19.1 Å². The fourth-order valence-corrected chi connectivity index (χ4v) is 3.07. The normalized spacial score (nSPS) is 21.4. The minimum atomic E-state index is -0.311. The van der Waals surface area contributed by atoms with E-state index < -0.39 is 0 Å². The van der Waals surface area contributed by atoms with E-state index in [2.05, 4.69) is 17.3 Å². The minimum absolute atomic E-state index is 0. The molecule has 0 heterocycles. The summed E-state index contributed by atoms with van der Waals surface area (Å²) in [7, 11) is 2.13. The lowest BCUT2D eigenvalue weighted by molar-refractivity contribution is -0.122. The number of halogens is 1. The van der Waals surface area contributed by atoms with Crippen LogP contribution in [-0.4, -0.2) is 43.0 Å². The number of hydrogen-bond donors (Lipinski definition) is 2. The number of rotatable bonds is 7. The third-order valence-electron chi connectivity index (χ3n) is 4.58. The highest BCUT2D eigenvalue weighted by molar-refractivity contribution is 5.85. The van der Waals surface area contributed by atoms with Crippen LogP contribution < -0.4 is 11.1 Å². The number of nitrogens with one attached hydrogen (secondary N) is 1. The van der Waals surface area contributed by atoms with Gasteiger partial charge in [-0.3, -0.25) is 4.79 Å². The number of hydrogen-bond acceptors (Lipinski definition) is 3. The molecule has 2 rings (SSSR count). The first-order valence-electron chi connectivity index (χ1n) is 7.90. The number of nitrogens with zero attached hydrogens (tertiary/aromatic N) is 1. The molecule has 0 spiro atoms. The van der Waals surface area contributed by atoms with Crippen molar-refractivity contribution in [2.24, 2.45) is 11.7 Å². The number of likely N-dealkylation sites (N-methyl/N-ethyl adjacent to an activating group) is 1. The Bertz CT molecular complexity index is 291. The second-order valence-corrected chi connectivity index (χ2v) is 6.35. The topological polar surface area (TPSA) is 58.4 Å². The molecular weight excluding hydrogens is 274 g/mol. The van der Waals surface area contributed by atoms with Crippen molar-refractivity contribution < 1.29 is 4.79 Å². The Morgan fingerprint density at radius 1 is 1.25 bits per heavy atom. The molecule has 1 unspecified atom stereocenters. The third-order valence-corrected chi connectivity index (χ3v) is 4.58. The van der Waals surface area contributed by atoms with E-state index in [9.17, 15) is 4.79 Å². The Labute approximate surface area is 129 Å². The maximum atomic E-state index is 11.9. The molecule has 0 aromatic carbocycles. The van der Waals surface area contributed by atoms with Crippen molar-refractivity contribution in [2.45, 2.75) is 63.5 Å². The van der Waals surface area contributed by atoms with E-state index in [-0.39, 0.29) is 24.4 Å². The second-order valence-electron chi connectivity index (χ2n) is 6.35. The van der Waals surface area contributed by atoms with Crippen LogP contribution in [0.1, 0.15) is 51.4 Å². The Hall–Kier alpha value is -0.320. The summed E-state index contributed by atoms with van der Waals surface area (Å²) >= 11 is 0. The van der Waals surface area contributed by atoms with E-state index in [0.29, 0.717) is 5.92 Å². The molecule has 2 aliphatic rings. The molecule has 2 saturated carbocycles. The largest absolute Gasteiger partial charge is 0.353 e. The number of carbonyl (C=O) groups excluding carboxylic acids is 1. The van der Waals surface area contributed by atoms with E-state index in [0.717, 1.165) is 25.6 Å². The van der Waals surface area contributed by atoms with Gasteiger partial charge < -0.3 is 16.0 Å². The molecule has 4 nitrogen and oxygen atoms in total. The maximum absolute atomic E-state index is 11.9. The van der Waals surface area contributed by atoms with Crippen LogP contribution in [0.4, 0.5) is 0 Å². The zero-order valence-corrected chi connectivity index (χ0v) is 13.5. The summed E-state index contributed by atoms with van der Waals surface area (Å²) in [5, 5.41) is 2.98. The molecule has 0 aromatic rings. The van der Waals surface area contributed by atoms with Gasteiger partial charge in [-0.15, -0.1) is 12.4 Å². The molecule has 118 valence electrons. The molecule has 1 atom stereocenters. The van der Waals surface area contributed by atoms with Crippen LogP contribution in [0.5, 0.6) is 0 Å². The quantitative estimate of drug-likeness (QED) is 0.755. The van der Waals surface area contributed by atoms with Gasteiger partial charge in [-0.05, 0) is 32.2 Å². The predicted octanol–water partition coefficient (Wildman–Crippen LogP) is 1.92. The molecule has 0 aliphatic heterocycles. The van der Waals surface area contributed by atoms with Gasteiger partial charge >= 0.3 is 0 Å². The lowest BCUT2D eigenvalue weighted by Crippen LogP contribution is -2.44. The second kappa shape index (κ2) is 8.85. The Morgan fingerprint density at radius 2 is 1.90 bits per heavy atom. The molecule has 0 saturated heterocycles. The smallest absolute Gasteiger partial charge is 0.236 e. The average Bonchev–Trinajstić information content (AvgIpc) is 3.24. The summed E-state index contributed by atoms with van der Waals surface area (Å²) in [5.74, 6) is 0.707. The van der Waals surface area contributed by atoms with Gasteiger partial charge in [0.15, 0.2) is 0 Å². The van der Waals surface area contributed by atoms with Crippen molar-refractivity contribution in [3.8, 4) is 0 Å². The molecule has 5 heteroatoms. The van der Waals surface area contributed by atoms with Crippen molar-refractivity contribution in [1.82, 2.24) is 10.2 Å². The van der Waals surface area contributed by atoms with E-state index in [4.69, 9.17) is 5.73 Å². The van der Waals surface area contributed by atoms with Gasteiger partial charge in [0.05, 0.1) is 6.04 Å². The molecule has 2 fully saturated rings. The molecular formula is C15H30ClN3O. The molecule has 2 aliphatic carbocycles. The van der Waals surface area contributed by atoms with Crippen molar-refractivity contribution in [1.29, 1.82) is 0 Å². The molecule has 1 amide bonds. The Balaban J connectivity index is 0.00000200. The van der Waals surface area contributed by atoms with Gasteiger partial charge in [0.25, 0.3) is 0 Å². The standard InChI is InChI=1S/C15H29N3O.ClH/c1-18(13-7-8-13)10-9-17-15(19)14(16)11-12-5-3-2-4-6-12;/h12-14H,2-11,16H2,1H3,(H,17,19);1H. The first-order valence-corrected chi connectivity index (χ1v) is 7.90. The molecule has 20 heavy (non-hydrogen) atoms. The average molecular weight is 304 g/mol. The summed E-state index contributed by atoms with van der Waals surface area (Å²) in [6, 6.07) is 0.446. The first-order chi connectivity index (χ1) is 9.16. The van der Waals surface area contributed by atoms with Gasteiger partial charge in [-0.2, -0.15) is 0 Å². The third kappa shape index (κ3) is 5.98. The van der Waals surface area contributed by atoms with E-state index in [1.807, 2.05) is 0 Å². The number of amides is 1. The molecule has 0 aromatic heterocycles. The van der Waals surface area contributed by atoms with Crippen LogP contribution in [-0.2, 0) is 4.79 Å². The van der Waals surface area contributed by atoms with Crippen molar-refractivity contribution in [3.05, 3.63) is 0 Å². The Kier molecular flexibility index (Phi) is 7.85. The minimum Gasteiger partial charge on any atom is -0.353 e. The summed E-state index contributed by atoms with van der Waals surface area (Å²) in [6.45, 7) is 1.66. The van der Waals surface area contributed by atoms with Crippen LogP contribution in [0, 0.1) is 5.92 Å². The Morgan fingerprint density at radius 3 is 2.50 bits per heavy atom. The molecule has 3 N–H and O–H groups in total. The fourth-order valence-electron chi connectivity index (χ4n) is 3.07. The zero-order chi connectivity index (χ0) is 13.7. The van der Waals surface area contributed by atoms with E-state index in [1.54, 1.807) is 0 Å². The van der Waals surface area contributed by atoms with Crippen LogP contribution in [0.2, 0.25) is 0 Å². The van der Waals surface area contributed by atoms with Crippen molar-refractivity contribution >= 4 is 18.3 Å². The fraction of sp³-hybridized carbons (Fsp3) is 0.933. The maximum Gasteiger partial charge on any atom is 0.236 e. The molecule has 0 bridgehead atoms. The molecule has 0 radical (unpaired) electrons. The lowest BCUT2D eigenvalue weighted by Gasteiger charge is -2.24. The van der Waals surface area contributed by atoms with Crippen LogP contribution in [0.15, 0.2) is 0 Å². The van der Waals surface area contributed by atoms with E-state index >= 15 is 0 Å². The SMILES string of the molecule is CN(CCNC(=O)C(N)CC1CCCCC1)C1CC1.Cl. The van der Waals surface area contributed by atoms with Gasteiger partial charge in [0.2, 0.25) is 5.91 Å².